The van der Waals surface area contributed by atoms with Crippen LogP contribution in [0.3, 0.4) is 0 Å². The molecular formula is C19H28N2O6. The van der Waals surface area contributed by atoms with Crippen LogP contribution in [0.4, 0.5) is 9.59 Å². The predicted octanol–water partition coefficient (Wildman–Crippen LogP) is 3.06. The molecule has 8 nitrogen and oxygen atoms in total. The Balaban J connectivity index is 2.74. The zero-order valence-corrected chi connectivity index (χ0v) is 16.4. The molecule has 150 valence electrons. The number of carboxylic acids is 1. The molecule has 8 heteroatoms. The zero-order chi connectivity index (χ0) is 20.7. The highest BCUT2D eigenvalue weighted by Crippen LogP contribution is 2.17. The summed E-state index contributed by atoms with van der Waals surface area (Å²) in [5, 5.41) is 14.3. The van der Waals surface area contributed by atoms with Crippen molar-refractivity contribution in [2.75, 3.05) is 0 Å². The van der Waals surface area contributed by atoms with E-state index in [1.807, 2.05) is 18.2 Å². The smallest absolute Gasteiger partial charge is 0.407 e. The first-order valence-corrected chi connectivity index (χ1v) is 8.61. The highest BCUT2D eigenvalue weighted by atomic mass is 16.6. The van der Waals surface area contributed by atoms with Crippen LogP contribution in [0.2, 0.25) is 0 Å². The Morgan fingerprint density at radius 2 is 1.67 bits per heavy atom. The number of ether oxygens (including phenoxy) is 2. The summed E-state index contributed by atoms with van der Waals surface area (Å²) in [5.74, 6) is -1.13. The number of nitrogens with one attached hydrogen (secondary N) is 2. The van der Waals surface area contributed by atoms with E-state index in [0.717, 1.165) is 5.56 Å². The first kappa shape index (κ1) is 22.3. The van der Waals surface area contributed by atoms with E-state index in [4.69, 9.17) is 9.47 Å². The lowest BCUT2D eigenvalue weighted by Gasteiger charge is -2.35. The molecule has 3 N–H and O–H groups in total. The number of rotatable bonds is 7. The maximum Gasteiger partial charge on any atom is 0.407 e. The van der Waals surface area contributed by atoms with Gasteiger partial charge in [0, 0.05) is 0 Å². The number of alkyl carbamates (subject to hydrolysis) is 2. The zero-order valence-electron chi connectivity index (χ0n) is 16.4. The molecule has 0 saturated heterocycles. The molecule has 0 aliphatic heterocycles. The standard InChI is InChI=1S/C19H28N2O6/c1-13(20-16(24)27-18(2,3)4)19(5,11-15(22)23)21-17(25)26-12-14-9-7-6-8-10-14/h6-10,13H,11-12H2,1-5H3,(H,20,24)(H,21,25)(H,22,23). The number of benzene rings is 1. The average molecular weight is 380 g/mol. The third-order valence-electron chi connectivity index (χ3n) is 3.81. The summed E-state index contributed by atoms with van der Waals surface area (Å²) in [6.45, 7) is 8.30. The van der Waals surface area contributed by atoms with Crippen molar-refractivity contribution in [2.24, 2.45) is 0 Å². The van der Waals surface area contributed by atoms with E-state index in [-0.39, 0.29) is 6.61 Å². The lowest BCUT2D eigenvalue weighted by molar-refractivity contribution is -0.138. The number of hydrogen-bond acceptors (Lipinski definition) is 5. The molecule has 2 amide bonds. The van der Waals surface area contributed by atoms with Gasteiger partial charge >= 0.3 is 18.2 Å². The molecule has 0 radical (unpaired) electrons. The summed E-state index contributed by atoms with van der Waals surface area (Å²) in [6, 6.07) is 8.35. The molecule has 0 aliphatic rings. The molecule has 1 rings (SSSR count). The van der Waals surface area contributed by atoms with Crippen LogP contribution in [-0.4, -0.2) is 40.4 Å². The Labute approximate surface area is 159 Å². The van der Waals surface area contributed by atoms with Gasteiger partial charge in [-0.25, -0.2) is 9.59 Å². The van der Waals surface area contributed by atoms with Crippen molar-refractivity contribution in [1.29, 1.82) is 0 Å². The molecule has 0 spiro atoms. The van der Waals surface area contributed by atoms with Crippen LogP contribution in [0.25, 0.3) is 0 Å². The minimum Gasteiger partial charge on any atom is -0.481 e. The van der Waals surface area contributed by atoms with Crippen LogP contribution >= 0.6 is 0 Å². The van der Waals surface area contributed by atoms with Crippen LogP contribution in [0.5, 0.6) is 0 Å². The fourth-order valence-electron chi connectivity index (χ4n) is 2.26. The van der Waals surface area contributed by atoms with Crippen LogP contribution in [0, 0.1) is 0 Å². The summed E-state index contributed by atoms with van der Waals surface area (Å²) >= 11 is 0. The van der Waals surface area contributed by atoms with Gasteiger partial charge in [-0.2, -0.15) is 0 Å². The molecule has 2 atom stereocenters. The molecule has 2 unspecified atom stereocenters. The highest BCUT2D eigenvalue weighted by molar-refractivity contribution is 5.74. The van der Waals surface area contributed by atoms with Crippen LogP contribution < -0.4 is 10.6 Å². The molecule has 0 aliphatic carbocycles. The maximum absolute atomic E-state index is 12.2. The minimum atomic E-state index is -1.28. The van der Waals surface area contributed by atoms with Crippen LogP contribution in [0.15, 0.2) is 30.3 Å². The second-order valence-corrected chi connectivity index (χ2v) is 7.54. The summed E-state index contributed by atoms with van der Waals surface area (Å²) in [6.07, 6.45) is -1.89. The van der Waals surface area contributed by atoms with E-state index < -0.39 is 41.8 Å². The number of aliphatic carboxylic acids is 1. The normalized spacial score (nSPS) is 14.4. The van der Waals surface area contributed by atoms with Gasteiger partial charge < -0.3 is 25.2 Å². The summed E-state index contributed by atoms with van der Waals surface area (Å²) < 4.78 is 10.3. The SMILES string of the molecule is CC(NC(=O)OC(C)(C)C)C(C)(CC(=O)O)NC(=O)OCc1ccccc1. The second kappa shape index (κ2) is 9.25. The number of hydrogen-bond donors (Lipinski definition) is 3. The molecule has 1 aromatic rings. The number of amides is 2. The largest absolute Gasteiger partial charge is 0.481 e. The summed E-state index contributed by atoms with van der Waals surface area (Å²) in [4.78, 5) is 35.4. The van der Waals surface area contributed by atoms with Crippen molar-refractivity contribution in [1.82, 2.24) is 10.6 Å². The first-order valence-electron chi connectivity index (χ1n) is 8.61. The lowest BCUT2D eigenvalue weighted by Crippen LogP contribution is -2.60. The lowest BCUT2D eigenvalue weighted by atomic mass is 9.90. The number of carbonyl (C=O) groups excluding carboxylic acids is 2. The maximum atomic E-state index is 12.2. The van der Waals surface area contributed by atoms with Gasteiger partial charge in [0.1, 0.15) is 12.2 Å². The van der Waals surface area contributed by atoms with Crippen molar-refractivity contribution >= 4 is 18.2 Å². The van der Waals surface area contributed by atoms with Crippen molar-refractivity contribution in [2.45, 2.75) is 64.8 Å². The van der Waals surface area contributed by atoms with Crippen LogP contribution in [-0.2, 0) is 20.9 Å². The Morgan fingerprint density at radius 1 is 1.07 bits per heavy atom. The predicted molar refractivity (Wildman–Crippen MR) is 99.3 cm³/mol. The Hall–Kier alpha value is -2.77. The van der Waals surface area contributed by atoms with Gasteiger partial charge in [-0.05, 0) is 40.2 Å². The summed E-state index contributed by atoms with van der Waals surface area (Å²) in [5.41, 5.74) is -1.18. The molecular weight excluding hydrogens is 352 g/mol. The topological polar surface area (TPSA) is 114 Å². The van der Waals surface area contributed by atoms with Gasteiger partial charge in [-0.3, -0.25) is 4.79 Å². The molecule has 0 fully saturated rings. The molecule has 0 heterocycles. The fourth-order valence-corrected chi connectivity index (χ4v) is 2.26. The average Bonchev–Trinajstić information content (AvgIpc) is 2.51. The monoisotopic (exact) mass is 380 g/mol. The van der Waals surface area contributed by atoms with E-state index in [9.17, 15) is 19.5 Å². The molecule has 1 aromatic carbocycles. The first-order chi connectivity index (χ1) is 12.4. The molecule has 0 saturated carbocycles. The fraction of sp³-hybridized carbons (Fsp3) is 0.526. The Kier molecular flexibility index (Phi) is 7.63. The van der Waals surface area contributed by atoms with Crippen molar-refractivity contribution in [3.05, 3.63) is 35.9 Å². The molecule has 0 aromatic heterocycles. The highest BCUT2D eigenvalue weighted by Gasteiger charge is 2.37. The van der Waals surface area contributed by atoms with Gasteiger partial charge in [0.15, 0.2) is 0 Å². The molecule has 27 heavy (non-hydrogen) atoms. The van der Waals surface area contributed by atoms with E-state index >= 15 is 0 Å². The van der Waals surface area contributed by atoms with Gasteiger partial charge in [-0.15, -0.1) is 0 Å². The van der Waals surface area contributed by atoms with Crippen molar-refractivity contribution < 1.29 is 29.0 Å². The Morgan fingerprint density at radius 3 is 2.19 bits per heavy atom. The van der Waals surface area contributed by atoms with Gasteiger partial charge in [0.25, 0.3) is 0 Å². The molecule has 0 bridgehead atoms. The number of carboxylic acid groups (broad SMARTS) is 1. The quantitative estimate of drug-likeness (QED) is 0.670. The minimum absolute atomic E-state index is 0.0453. The van der Waals surface area contributed by atoms with E-state index in [2.05, 4.69) is 10.6 Å². The van der Waals surface area contributed by atoms with E-state index in [0.29, 0.717) is 0 Å². The van der Waals surface area contributed by atoms with E-state index in [1.165, 1.54) is 6.92 Å². The van der Waals surface area contributed by atoms with Crippen molar-refractivity contribution in [3.8, 4) is 0 Å². The van der Waals surface area contributed by atoms with Crippen LogP contribution in [0.1, 0.15) is 46.6 Å². The summed E-state index contributed by atoms with van der Waals surface area (Å²) in [7, 11) is 0. The Bertz CT molecular complexity index is 656. The second-order valence-electron chi connectivity index (χ2n) is 7.54. The number of carbonyl (C=O) groups is 3. The van der Waals surface area contributed by atoms with Gasteiger partial charge in [0.05, 0.1) is 18.0 Å². The van der Waals surface area contributed by atoms with Gasteiger partial charge in [-0.1, -0.05) is 30.3 Å². The van der Waals surface area contributed by atoms with Gasteiger partial charge in [0.2, 0.25) is 0 Å². The third-order valence-corrected chi connectivity index (χ3v) is 3.81. The van der Waals surface area contributed by atoms with Crippen molar-refractivity contribution in [3.63, 3.8) is 0 Å². The third kappa shape index (κ3) is 8.44. The van der Waals surface area contributed by atoms with E-state index in [1.54, 1.807) is 39.8 Å².